The van der Waals surface area contributed by atoms with Crippen molar-refractivity contribution >= 4 is 11.7 Å². The lowest BCUT2D eigenvalue weighted by atomic mass is 9.95. The quantitative estimate of drug-likeness (QED) is 0.236. The molecule has 0 spiro atoms. The maximum atomic E-state index is 13.3. The lowest BCUT2D eigenvalue weighted by Gasteiger charge is -2.14. The van der Waals surface area contributed by atoms with Crippen LogP contribution in [0.4, 0.5) is 10.1 Å². The lowest BCUT2D eigenvalue weighted by molar-refractivity contribution is -0.384. The van der Waals surface area contributed by atoms with E-state index in [9.17, 15) is 19.3 Å². The highest BCUT2D eigenvalue weighted by Crippen LogP contribution is 2.28. The second-order valence-corrected chi connectivity index (χ2v) is 7.75. The van der Waals surface area contributed by atoms with Crippen LogP contribution in [0.2, 0.25) is 0 Å². The number of esters is 1. The predicted octanol–water partition coefficient (Wildman–Crippen LogP) is 4.21. The second kappa shape index (κ2) is 8.85. The topological polar surface area (TPSA) is 126 Å². The van der Waals surface area contributed by atoms with E-state index in [0.29, 0.717) is 17.7 Å². The molecular formula is C23H18FN5O5. The van der Waals surface area contributed by atoms with Gasteiger partial charge in [-0.15, -0.1) is 10.2 Å². The van der Waals surface area contributed by atoms with E-state index >= 15 is 0 Å². The minimum absolute atomic E-state index is 0.0548. The third kappa shape index (κ3) is 4.15. The number of carbonyl (C=O) groups is 1. The molecule has 0 N–H and O–H groups in total. The van der Waals surface area contributed by atoms with Crippen LogP contribution in [-0.4, -0.2) is 30.9 Å². The van der Waals surface area contributed by atoms with Crippen molar-refractivity contribution in [2.75, 3.05) is 0 Å². The number of fused-ring (bicyclic) bond motifs is 1. The second-order valence-electron chi connectivity index (χ2n) is 7.75. The lowest BCUT2D eigenvalue weighted by Crippen LogP contribution is -2.10. The Labute approximate surface area is 192 Å². The number of carbonyl (C=O) groups excluding carboxylic acids is 1. The number of non-ortho nitro benzene ring substituents is 1. The van der Waals surface area contributed by atoms with E-state index in [4.69, 9.17) is 9.15 Å². The number of hydrogen-bond donors (Lipinski definition) is 0. The van der Waals surface area contributed by atoms with Crippen LogP contribution >= 0.6 is 0 Å². The third-order valence-corrected chi connectivity index (χ3v) is 5.56. The van der Waals surface area contributed by atoms with Crippen LogP contribution in [0.1, 0.15) is 40.5 Å². The van der Waals surface area contributed by atoms with Crippen molar-refractivity contribution < 1.29 is 23.3 Å². The number of aromatic nitrogens is 4. The molecule has 0 amide bonds. The zero-order valence-corrected chi connectivity index (χ0v) is 17.8. The molecular weight excluding hydrogens is 445 g/mol. The average molecular weight is 463 g/mol. The first kappa shape index (κ1) is 21.4. The SMILES string of the molecule is O=C(OCc1nnc(-c2ccc([N+](=O)[O-])cc2)o1)c1nn(-c2ccc(F)cc2)c2c1CCCC2. The summed E-state index contributed by atoms with van der Waals surface area (Å²) < 4.78 is 25.9. The van der Waals surface area contributed by atoms with Gasteiger partial charge in [0, 0.05) is 29.0 Å². The Kier molecular flexibility index (Phi) is 5.58. The monoisotopic (exact) mass is 463 g/mol. The summed E-state index contributed by atoms with van der Waals surface area (Å²) in [6.07, 6.45) is 3.37. The summed E-state index contributed by atoms with van der Waals surface area (Å²) in [6.45, 7) is -0.253. The Morgan fingerprint density at radius 2 is 1.82 bits per heavy atom. The van der Waals surface area contributed by atoms with E-state index in [1.165, 1.54) is 36.4 Å². The van der Waals surface area contributed by atoms with Crippen molar-refractivity contribution in [2.24, 2.45) is 0 Å². The van der Waals surface area contributed by atoms with Crippen LogP contribution in [0.3, 0.4) is 0 Å². The fraction of sp³-hybridized carbons (Fsp3) is 0.217. The molecule has 0 saturated heterocycles. The first-order chi connectivity index (χ1) is 16.5. The number of hydrogen-bond acceptors (Lipinski definition) is 8. The largest absolute Gasteiger partial charge is 0.451 e. The molecule has 0 radical (unpaired) electrons. The third-order valence-electron chi connectivity index (χ3n) is 5.56. The maximum Gasteiger partial charge on any atom is 0.359 e. The summed E-state index contributed by atoms with van der Waals surface area (Å²) in [7, 11) is 0. The zero-order valence-electron chi connectivity index (χ0n) is 17.8. The fourth-order valence-corrected chi connectivity index (χ4v) is 3.91. The van der Waals surface area contributed by atoms with Crippen LogP contribution in [-0.2, 0) is 24.2 Å². The van der Waals surface area contributed by atoms with Crippen LogP contribution in [0.15, 0.2) is 52.9 Å². The standard InChI is InChI=1S/C23H18FN5O5/c24-15-7-11-16(12-8-15)28-19-4-2-1-3-18(19)21(27-28)23(30)33-13-20-25-26-22(34-20)14-5-9-17(10-6-14)29(31)32/h5-12H,1-4,13H2. The van der Waals surface area contributed by atoms with Crippen LogP contribution in [0.5, 0.6) is 0 Å². The molecule has 0 bridgehead atoms. The zero-order chi connectivity index (χ0) is 23.7. The minimum atomic E-state index is -0.617. The molecule has 0 fully saturated rings. The number of benzene rings is 2. The van der Waals surface area contributed by atoms with Gasteiger partial charge in [-0.3, -0.25) is 10.1 Å². The summed E-state index contributed by atoms with van der Waals surface area (Å²) in [5.41, 5.74) is 3.08. The van der Waals surface area contributed by atoms with E-state index in [-0.39, 0.29) is 35.6 Å². The molecule has 0 atom stereocenters. The number of rotatable bonds is 6. The minimum Gasteiger partial charge on any atom is -0.451 e. The molecule has 1 aliphatic rings. The smallest absolute Gasteiger partial charge is 0.359 e. The van der Waals surface area contributed by atoms with Crippen molar-refractivity contribution in [3.63, 3.8) is 0 Å². The van der Waals surface area contributed by atoms with Gasteiger partial charge in [0.2, 0.25) is 5.89 Å². The Morgan fingerprint density at radius 1 is 1.09 bits per heavy atom. The van der Waals surface area contributed by atoms with E-state index in [1.54, 1.807) is 16.8 Å². The van der Waals surface area contributed by atoms with Gasteiger partial charge in [-0.1, -0.05) is 0 Å². The number of nitro groups is 1. The van der Waals surface area contributed by atoms with E-state index < -0.39 is 10.9 Å². The summed E-state index contributed by atoms with van der Waals surface area (Å²) in [4.78, 5) is 23.1. The summed E-state index contributed by atoms with van der Waals surface area (Å²) >= 11 is 0. The molecule has 34 heavy (non-hydrogen) atoms. The van der Waals surface area contributed by atoms with Crippen molar-refractivity contribution in [2.45, 2.75) is 32.3 Å². The van der Waals surface area contributed by atoms with Crippen molar-refractivity contribution in [3.8, 4) is 17.1 Å². The van der Waals surface area contributed by atoms with E-state index in [1.807, 2.05) is 0 Å². The highest BCUT2D eigenvalue weighted by atomic mass is 19.1. The molecule has 0 aliphatic heterocycles. The Hall–Kier alpha value is -4.41. The molecule has 4 aromatic rings. The van der Waals surface area contributed by atoms with E-state index in [0.717, 1.165) is 30.5 Å². The number of nitrogens with zero attached hydrogens (tertiary/aromatic N) is 5. The first-order valence-corrected chi connectivity index (χ1v) is 10.6. The molecule has 10 nitrogen and oxygen atoms in total. The Morgan fingerprint density at radius 3 is 2.56 bits per heavy atom. The molecule has 0 saturated carbocycles. The van der Waals surface area contributed by atoms with Gasteiger partial charge in [0.25, 0.3) is 11.6 Å². The molecule has 2 aromatic carbocycles. The average Bonchev–Trinajstić information content (AvgIpc) is 3.48. The van der Waals surface area contributed by atoms with Gasteiger partial charge < -0.3 is 9.15 Å². The summed E-state index contributed by atoms with van der Waals surface area (Å²) in [5, 5.41) is 23.0. The highest BCUT2D eigenvalue weighted by Gasteiger charge is 2.27. The number of halogens is 1. The van der Waals surface area contributed by atoms with Gasteiger partial charge in [0.15, 0.2) is 12.3 Å². The van der Waals surface area contributed by atoms with Gasteiger partial charge in [0.1, 0.15) is 5.82 Å². The molecule has 172 valence electrons. The predicted molar refractivity (Wildman–Crippen MR) is 116 cm³/mol. The Balaban J connectivity index is 1.32. The van der Waals surface area contributed by atoms with Crippen molar-refractivity contribution in [1.29, 1.82) is 0 Å². The summed E-state index contributed by atoms with van der Waals surface area (Å²) in [5.74, 6) is -0.737. The van der Waals surface area contributed by atoms with Gasteiger partial charge >= 0.3 is 5.97 Å². The van der Waals surface area contributed by atoms with Gasteiger partial charge in [-0.2, -0.15) is 5.10 Å². The first-order valence-electron chi connectivity index (χ1n) is 10.6. The number of ether oxygens (including phenoxy) is 1. The van der Waals surface area contributed by atoms with Crippen molar-refractivity contribution in [3.05, 3.63) is 87.3 Å². The van der Waals surface area contributed by atoms with Crippen LogP contribution in [0.25, 0.3) is 17.1 Å². The Bertz CT molecular complexity index is 1360. The van der Waals surface area contributed by atoms with Crippen molar-refractivity contribution in [1.82, 2.24) is 20.0 Å². The summed E-state index contributed by atoms with van der Waals surface area (Å²) in [6, 6.07) is 11.6. The molecule has 5 rings (SSSR count). The molecule has 11 heteroatoms. The molecule has 0 unspecified atom stereocenters. The number of nitro benzene ring substituents is 1. The maximum absolute atomic E-state index is 13.3. The molecule has 2 heterocycles. The molecule has 2 aromatic heterocycles. The molecule has 1 aliphatic carbocycles. The normalized spacial score (nSPS) is 12.9. The van der Waals surface area contributed by atoms with Crippen LogP contribution in [0, 0.1) is 15.9 Å². The highest BCUT2D eigenvalue weighted by molar-refractivity contribution is 5.89. The van der Waals surface area contributed by atoms with Gasteiger partial charge in [0.05, 0.1) is 10.6 Å². The fourth-order valence-electron chi connectivity index (χ4n) is 3.91. The van der Waals surface area contributed by atoms with Crippen LogP contribution < -0.4 is 0 Å². The van der Waals surface area contributed by atoms with E-state index in [2.05, 4.69) is 15.3 Å². The van der Waals surface area contributed by atoms with Gasteiger partial charge in [-0.05, 0) is 62.1 Å². The van der Waals surface area contributed by atoms with Gasteiger partial charge in [-0.25, -0.2) is 13.9 Å².